The number of ketones is 1. The van der Waals surface area contributed by atoms with E-state index < -0.39 is 0 Å². The van der Waals surface area contributed by atoms with Crippen LogP contribution in [0.2, 0.25) is 0 Å². The van der Waals surface area contributed by atoms with E-state index in [0.29, 0.717) is 17.3 Å². The molecule has 4 rings (SSSR count). The number of halogens is 2. The second-order valence-electron chi connectivity index (χ2n) is 6.06. The number of benzene rings is 2. The number of nitrogen functional groups attached to an aromatic ring is 1. The largest absolute Gasteiger partial charge is 1.00 e. The Morgan fingerprint density at radius 2 is 1.89 bits per heavy atom. The molecule has 0 atom stereocenters. The SMILES string of the molecule is Cn1c(-c2ccc3c(c2)OCO3)c[n+](CC(=O)c2ccc(Br)cc2)c1N.[Br-]. The normalized spacial score (nSPS) is 11.9. The Morgan fingerprint density at radius 1 is 1.19 bits per heavy atom. The van der Waals surface area contributed by atoms with Gasteiger partial charge >= 0.3 is 5.95 Å². The Hall–Kier alpha value is -2.32. The predicted molar refractivity (Wildman–Crippen MR) is 100 cm³/mol. The Balaban J connectivity index is 0.00000210. The first-order valence-electron chi connectivity index (χ1n) is 8.06. The molecule has 27 heavy (non-hydrogen) atoms. The van der Waals surface area contributed by atoms with Crippen molar-refractivity contribution in [3.05, 3.63) is 58.7 Å². The van der Waals surface area contributed by atoms with Crippen LogP contribution in [0.15, 0.2) is 53.1 Å². The van der Waals surface area contributed by atoms with Crippen molar-refractivity contribution in [1.82, 2.24) is 4.57 Å². The van der Waals surface area contributed by atoms with Crippen LogP contribution in [0.4, 0.5) is 5.95 Å². The van der Waals surface area contributed by atoms with Gasteiger partial charge in [0.1, 0.15) is 18.4 Å². The summed E-state index contributed by atoms with van der Waals surface area (Å²) in [6.07, 6.45) is 1.88. The second kappa shape index (κ2) is 7.74. The van der Waals surface area contributed by atoms with Gasteiger partial charge in [-0.05, 0) is 30.3 Å². The summed E-state index contributed by atoms with van der Waals surface area (Å²) < 4.78 is 15.3. The molecule has 2 N–H and O–H groups in total. The van der Waals surface area contributed by atoms with E-state index in [9.17, 15) is 4.79 Å². The minimum atomic E-state index is -0.00274. The van der Waals surface area contributed by atoms with Gasteiger partial charge in [-0.1, -0.05) is 28.1 Å². The molecule has 1 aromatic heterocycles. The molecular formula is C19H17Br2N3O3. The van der Waals surface area contributed by atoms with Gasteiger partial charge in [0.2, 0.25) is 6.79 Å². The Kier molecular flexibility index (Phi) is 5.57. The Bertz CT molecular complexity index is 1000. The van der Waals surface area contributed by atoms with E-state index in [1.54, 1.807) is 16.7 Å². The molecule has 6 nitrogen and oxygen atoms in total. The molecule has 0 saturated heterocycles. The lowest BCUT2D eigenvalue weighted by Crippen LogP contribution is -3.00. The summed E-state index contributed by atoms with van der Waals surface area (Å²) in [4.78, 5) is 12.6. The van der Waals surface area contributed by atoms with Crippen LogP contribution in [-0.2, 0) is 13.6 Å². The molecule has 2 aromatic carbocycles. The lowest BCUT2D eigenvalue weighted by molar-refractivity contribution is -0.667. The molecule has 0 unspecified atom stereocenters. The molecule has 1 aliphatic rings. The third-order valence-electron chi connectivity index (χ3n) is 4.43. The van der Waals surface area contributed by atoms with Crippen LogP contribution in [0, 0.1) is 0 Å². The topological polar surface area (TPSA) is 70.4 Å². The fourth-order valence-corrected chi connectivity index (χ4v) is 3.21. The summed E-state index contributed by atoms with van der Waals surface area (Å²) >= 11 is 3.37. The van der Waals surface area contributed by atoms with E-state index >= 15 is 0 Å². The van der Waals surface area contributed by atoms with Crippen LogP contribution >= 0.6 is 15.9 Å². The zero-order valence-corrected chi connectivity index (χ0v) is 17.7. The van der Waals surface area contributed by atoms with Crippen LogP contribution in [0.3, 0.4) is 0 Å². The summed E-state index contributed by atoms with van der Waals surface area (Å²) in [5.74, 6) is 1.94. The smallest absolute Gasteiger partial charge is 0.355 e. The number of carbonyl (C=O) groups is 1. The molecule has 0 spiro atoms. The minimum Gasteiger partial charge on any atom is -1.00 e. The number of hydrogen-bond donors (Lipinski definition) is 1. The molecule has 0 aliphatic carbocycles. The van der Waals surface area contributed by atoms with Crippen LogP contribution < -0.4 is 36.8 Å². The van der Waals surface area contributed by atoms with Gasteiger partial charge in [-0.25, -0.2) is 9.13 Å². The lowest BCUT2D eigenvalue weighted by atomic mass is 10.1. The molecule has 0 fully saturated rings. The number of rotatable bonds is 4. The van der Waals surface area contributed by atoms with E-state index in [-0.39, 0.29) is 36.1 Å². The van der Waals surface area contributed by atoms with Crippen molar-refractivity contribution in [2.45, 2.75) is 6.54 Å². The van der Waals surface area contributed by atoms with Gasteiger partial charge in [0.25, 0.3) is 0 Å². The van der Waals surface area contributed by atoms with E-state index in [2.05, 4.69) is 15.9 Å². The first-order valence-corrected chi connectivity index (χ1v) is 8.85. The van der Waals surface area contributed by atoms with Gasteiger partial charge in [-0.2, -0.15) is 0 Å². The average Bonchev–Trinajstić information content (AvgIpc) is 3.21. The van der Waals surface area contributed by atoms with E-state index in [1.165, 1.54) is 0 Å². The highest BCUT2D eigenvalue weighted by molar-refractivity contribution is 9.10. The number of imidazole rings is 1. The quantitative estimate of drug-likeness (QED) is 0.407. The Labute approximate surface area is 175 Å². The van der Waals surface area contributed by atoms with Crippen molar-refractivity contribution in [2.24, 2.45) is 7.05 Å². The van der Waals surface area contributed by atoms with Gasteiger partial charge in [-0.3, -0.25) is 10.5 Å². The highest BCUT2D eigenvalue weighted by Crippen LogP contribution is 2.35. The molecular weight excluding hydrogens is 478 g/mol. The molecule has 140 valence electrons. The number of carbonyl (C=O) groups excluding carboxylic acids is 1. The summed E-state index contributed by atoms with van der Waals surface area (Å²) in [6.45, 7) is 0.404. The van der Waals surface area contributed by atoms with Gasteiger partial charge < -0.3 is 26.5 Å². The van der Waals surface area contributed by atoms with Gasteiger partial charge in [0.05, 0.1) is 7.05 Å². The van der Waals surface area contributed by atoms with E-state index in [4.69, 9.17) is 15.2 Å². The summed E-state index contributed by atoms with van der Waals surface area (Å²) in [7, 11) is 1.87. The van der Waals surface area contributed by atoms with Crippen molar-refractivity contribution >= 4 is 27.7 Å². The minimum absolute atomic E-state index is 0. The molecule has 0 amide bonds. The van der Waals surface area contributed by atoms with Crippen LogP contribution in [0.5, 0.6) is 11.5 Å². The number of Topliss-reactive ketones (excluding diaryl/α,β-unsaturated/α-hetero) is 1. The molecule has 1 aliphatic heterocycles. The summed E-state index contributed by atoms with van der Waals surface area (Å²) in [6, 6.07) is 13.0. The first-order chi connectivity index (χ1) is 12.5. The number of nitrogens with zero attached hydrogens (tertiary/aromatic N) is 2. The monoisotopic (exact) mass is 493 g/mol. The van der Waals surface area contributed by atoms with Crippen LogP contribution in [-0.4, -0.2) is 17.1 Å². The maximum absolute atomic E-state index is 12.6. The number of fused-ring (bicyclic) bond motifs is 1. The fourth-order valence-electron chi connectivity index (χ4n) is 2.95. The van der Waals surface area contributed by atoms with Crippen molar-refractivity contribution in [3.8, 4) is 22.8 Å². The Morgan fingerprint density at radius 3 is 2.63 bits per heavy atom. The number of aromatic nitrogens is 2. The molecule has 0 saturated carbocycles. The standard InChI is InChI=1S/C19H16BrN3O3.BrH/c1-22-15(13-4-7-17-18(8-13)26-11-25-17)9-23(19(22)21)10-16(24)12-2-5-14(20)6-3-12;/h2-9,21H,10-11H2,1H3;1H. The number of ether oxygens (including phenoxy) is 2. The number of nitrogens with two attached hydrogens (primary N) is 1. The molecule has 8 heteroatoms. The zero-order chi connectivity index (χ0) is 18.3. The zero-order valence-electron chi connectivity index (χ0n) is 14.5. The fraction of sp³-hybridized carbons (Fsp3) is 0.158. The summed E-state index contributed by atoms with van der Waals surface area (Å²) in [5.41, 5.74) is 8.70. The third-order valence-corrected chi connectivity index (χ3v) is 4.95. The number of anilines is 1. The van der Waals surface area contributed by atoms with Crippen LogP contribution in [0.1, 0.15) is 10.4 Å². The van der Waals surface area contributed by atoms with E-state index in [1.807, 2.05) is 48.1 Å². The van der Waals surface area contributed by atoms with Crippen molar-refractivity contribution in [2.75, 3.05) is 12.5 Å². The third kappa shape index (κ3) is 3.72. The molecule has 2 heterocycles. The molecule has 3 aromatic rings. The highest BCUT2D eigenvalue weighted by Gasteiger charge is 2.22. The predicted octanol–water partition coefficient (Wildman–Crippen LogP) is -0.0601. The molecule has 0 bridgehead atoms. The lowest BCUT2D eigenvalue weighted by Gasteiger charge is -2.01. The maximum atomic E-state index is 12.6. The number of hydrogen-bond acceptors (Lipinski definition) is 4. The van der Waals surface area contributed by atoms with Gasteiger partial charge in [-0.15, -0.1) is 0 Å². The average molecular weight is 495 g/mol. The highest BCUT2D eigenvalue weighted by atomic mass is 79.9. The second-order valence-corrected chi connectivity index (χ2v) is 6.97. The van der Waals surface area contributed by atoms with Gasteiger partial charge in [0.15, 0.2) is 17.3 Å². The molecule has 0 radical (unpaired) electrons. The van der Waals surface area contributed by atoms with Crippen molar-refractivity contribution < 1.29 is 35.8 Å². The van der Waals surface area contributed by atoms with Gasteiger partial charge in [0, 0.05) is 15.6 Å². The van der Waals surface area contributed by atoms with E-state index in [0.717, 1.165) is 21.5 Å². The first kappa shape index (κ1) is 19.4. The maximum Gasteiger partial charge on any atom is 0.355 e. The van der Waals surface area contributed by atoms with Crippen molar-refractivity contribution in [1.29, 1.82) is 0 Å². The van der Waals surface area contributed by atoms with Crippen LogP contribution in [0.25, 0.3) is 11.3 Å². The summed E-state index contributed by atoms with van der Waals surface area (Å²) in [5, 5.41) is 0. The van der Waals surface area contributed by atoms with Crippen molar-refractivity contribution in [3.63, 3.8) is 0 Å².